The van der Waals surface area contributed by atoms with E-state index in [1.54, 1.807) is 21.7 Å². The maximum Gasteiger partial charge on any atom is 0.254 e. The summed E-state index contributed by atoms with van der Waals surface area (Å²) >= 11 is 1.65. The van der Waals surface area contributed by atoms with Crippen molar-refractivity contribution in [3.8, 4) is 0 Å². The summed E-state index contributed by atoms with van der Waals surface area (Å²) in [5.74, 6) is -0.0658. The van der Waals surface area contributed by atoms with Crippen LogP contribution < -0.4 is 4.90 Å². The second-order valence-corrected chi connectivity index (χ2v) is 12.1. The van der Waals surface area contributed by atoms with E-state index in [0.29, 0.717) is 30.1 Å². The topological polar surface area (TPSA) is 60.9 Å². The van der Waals surface area contributed by atoms with E-state index in [1.807, 2.05) is 22.4 Å². The minimum atomic E-state index is -3.66. The number of carbonyl (C=O) groups excluding carboxylic acids is 1. The van der Waals surface area contributed by atoms with Crippen LogP contribution in [-0.2, 0) is 10.0 Å². The van der Waals surface area contributed by atoms with Crippen LogP contribution in [0, 0.1) is 0 Å². The van der Waals surface area contributed by atoms with Crippen LogP contribution >= 0.6 is 11.3 Å². The Morgan fingerprint density at radius 1 is 0.879 bits per heavy atom. The number of anilines is 1. The summed E-state index contributed by atoms with van der Waals surface area (Å²) in [7, 11) is -3.66. The monoisotopic (exact) mass is 487 g/mol. The molecule has 5 rings (SSSR count). The molecule has 0 radical (unpaired) electrons. The molecule has 8 heteroatoms. The molecule has 3 aliphatic heterocycles. The third kappa shape index (κ3) is 4.57. The second-order valence-electron chi connectivity index (χ2n) is 9.41. The molecule has 1 unspecified atom stereocenters. The van der Waals surface area contributed by atoms with Gasteiger partial charge in [0.2, 0.25) is 10.0 Å². The number of likely N-dealkylation sites (tertiary alicyclic amines) is 1. The fourth-order valence-corrected chi connectivity index (χ4v) is 7.94. The van der Waals surface area contributed by atoms with Crippen LogP contribution in [0.5, 0.6) is 0 Å². The highest BCUT2D eigenvalue weighted by molar-refractivity contribution is 7.89. The predicted octanol–water partition coefficient (Wildman–Crippen LogP) is 4.89. The minimum absolute atomic E-state index is 0.0658. The fourth-order valence-electron chi connectivity index (χ4n) is 5.48. The molecule has 4 heterocycles. The lowest BCUT2D eigenvalue weighted by Gasteiger charge is -2.33. The summed E-state index contributed by atoms with van der Waals surface area (Å²) in [5, 5.41) is 4.16. The molecule has 0 spiro atoms. The first-order chi connectivity index (χ1) is 16.1. The number of hydrogen-bond donors (Lipinski definition) is 0. The molecule has 178 valence electrons. The summed E-state index contributed by atoms with van der Waals surface area (Å²) in [5.41, 5.74) is 2.41. The standard InChI is InChI=1S/C25H33N3O3S2/c29-25(28-16-7-8-22(28)21-11-17-32-19-21)20-9-10-23(26-12-3-1-4-13-26)24(18-20)33(30,31)27-14-5-2-6-15-27/h9-11,17-19,22H,1-8,12-16H2. The lowest BCUT2D eigenvalue weighted by Crippen LogP contribution is -2.38. The lowest BCUT2D eigenvalue weighted by molar-refractivity contribution is 0.0735. The SMILES string of the molecule is O=C(c1ccc(N2CCCCC2)c(S(=O)(=O)N2CCCCC2)c1)N1CCCC1c1ccsc1. The summed E-state index contributed by atoms with van der Waals surface area (Å²) < 4.78 is 29.2. The van der Waals surface area contributed by atoms with E-state index < -0.39 is 10.0 Å². The molecule has 6 nitrogen and oxygen atoms in total. The smallest absolute Gasteiger partial charge is 0.254 e. The fraction of sp³-hybridized carbons (Fsp3) is 0.560. The van der Waals surface area contributed by atoms with Gasteiger partial charge >= 0.3 is 0 Å². The summed E-state index contributed by atoms with van der Waals surface area (Å²) in [6, 6.07) is 7.55. The summed E-state index contributed by atoms with van der Waals surface area (Å²) in [6.45, 7) is 3.56. The van der Waals surface area contributed by atoms with Gasteiger partial charge in [0.15, 0.2) is 0 Å². The van der Waals surface area contributed by atoms with E-state index in [4.69, 9.17) is 0 Å². The quantitative estimate of drug-likeness (QED) is 0.602. The molecule has 1 amide bonds. The first kappa shape index (κ1) is 22.9. The van der Waals surface area contributed by atoms with Crippen molar-refractivity contribution in [1.29, 1.82) is 0 Å². The number of thiophene rings is 1. The van der Waals surface area contributed by atoms with E-state index in [2.05, 4.69) is 16.3 Å². The van der Waals surface area contributed by atoms with Gasteiger partial charge in [0.05, 0.1) is 11.7 Å². The van der Waals surface area contributed by atoms with Crippen molar-refractivity contribution < 1.29 is 13.2 Å². The Hall–Kier alpha value is -1.90. The van der Waals surface area contributed by atoms with Crippen molar-refractivity contribution in [3.63, 3.8) is 0 Å². The van der Waals surface area contributed by atoms with Gasteiger partial charge in [0.25, 0.3) is 5.91 Å². The van der Waals surface area contributed by atoms with Crippen molar-refractivity contribution in [2.24, 2.45) is 0 Å². The van der Waals surface area contributed by atoms with Gasteiger partial charge in [-0.1, -0.05) is 6.42 Å². The number of hydrogen-bond acceptors (Lipinski definition) is 5. The molecule has 1 aromatic carbocycles. The number of rotatable bonds is 5. The van der Waals surface area contributed by atoms with Crippen molar-refractivity contribution >= 4 is 33.0 Å². The molecule has 33 heavy (non-hydrogen) atoms. The Kier molecular flexibility index (Phi) is 6.77. The Morgan fingerprint density at radius 2 is 1.61 bits per heavy atom. The molecule has 3 aliphatic rings. The molecular formula is C25H33N3O3S2. The molecule has 1 atom stereocenters. The second kappa shape index (κ2) is 9.76. The number of piperidine rings is 2. The zero-order chi connectivity index (χ0) is 22.8. The summed E-state index contributed by atoms with van der Waals surface area (Å²) in [6.07, 6.45) is 8.10. The van der Waals surface area contributed by atoms with E-state index in [-0.39, 0.29) is 11.9 Å². The molecule has 0 bridgehead atoms. The Bertz CT molecular complexity index is 1070. The van der Waals surface area contributed by atoms with Crippen LogP contribution in [-0.4, -0.2) is 56.3 Å². The number of sulfonamides is 1. The van der Waals surface area contributed by atoms with Crippen LogP contribution in [0.1, 0.15) is 73.3 Å². The van der Waals surface area contributed by atoms with Gasteiger partial charge < -0.3 is 9.80 Å². The van der Waals surface area contributed by atoms with Crippen molar-refractivity contribution in [2.45, 2.75) is 62.3 Å². The molecule has 2 aromatic rings. The average molecular weight is 488 g/mol. The van der Waals surface area contributed by atoms with Gasteiger partial charge in [-0.05, 0) is 85.5 Å². The highest BCUT2D eigenvalue weighted by Crippen LogP contribution is 2.36. The minimum Gasteiger partial charge on any atom is -0.370 e. The van der Waals surface area contributed by atoms with Gasteiger partial charge in [-0.3, -0.25) is 4.79 Å². The molecule has 0 aliphatic carbocycles. The lowest BCUT2D eigenvalue weighted by atomic mass is 10.1. The summed E-state index contributed by atoms with van der Waals surface area (Å²) in [4.78, 5) is 18.0. The largest absolute Gasteiger partial charge is 0.370 e. The maximum atomic E-state index is 13.8. The Balaban J connectivity index is 1.51. The zero-order valence-electron chi connectivity index (χ0n) is 19.1. The van der Waals surface area contributed by atoms with Gasteiger partial charge in [0.1, 0.15) is 4.90 Å². The molecule has 0 N–H and O–H groups in total. The highest BCUT2D eigenvalue weighted by atomic mass is 32.2. The first-order valence-electron chi connectivity index (χ1n) is 12.3. The Morgan fingerprint density at radius 3 is 2.30 bits per heavy atom. The predicted molar refractivity (Wildman–Crippen MR) is 132 cm³/mol. The van der Waals surface area contributed by atoms with Gasteiger partial charge in [0, 0.05) is 38.3 Å². The normalized spacial score (nSPS) is 22.6. The number of amides is 1. The van der Waals surface area contributed by atoms with E-state index >= 15 is 0 Å². The van der Waals surface area contributed by atoms with Crippen molar-refractivity contribution in [2.75, 3.05) is 37.6 Å². The maximum absolute atomic E-state index is 13.8. The van der Waals surface area contributed by atoms with Gasteiger partial charge in [-0.25, -0.2) is 8.42 Å². The highest BCUT2D eigenvalue weighted by Gasteiger charge is 2.34. The van der Waals surface area contributed by atoms with Crippen LogP contribution in [0.3, 0.4) is 0 Å². The Labute approximate surface area is 201 Å². The molecule has 3 fully saturated rings. The average Bonchev–Trinajstić information content (AvgIpc) is 3.56. The van der Waals surface area contributed by atoms with E-state index in [9.17, 15) is 13.2 Å². The van der Waals surface area contributed by atoms with Crippen LogP contribution in [0.15, 0.2) is 39.9 Å². The molecular weight excluding hydrogens is 454 g/mol. The first-order valence-corrected chi connectivity index (χ1v) is 14.7. The van der Waals surface area contributed by atoms with Gasteiger partial charge in [-0.15, -0.1) is 0 Å². The number of nitrogens with zero attached hydrogens (tertiary/aromatic N) is 3. The number of carbonyl (C=O) groups is 1. The van der Waals surface area contributed by atoms with Crippen molar-refractivity contribution in [1.82, 2.24) is 9.21 Å². The van der Waals surface area contributed by atoms with E-state index in [0.717, 1.165) is 63.7 Å². The van der Waals surface area contributed by atoms with Crippen LogP contribution in [0.2, 0.25) is 0 Å². The van der Waals surface area contributed by atoms with Crippen LogP contribution in [0.25, 0.3) is 0 Å². The van der Waals surface area contributed by atoms with Crippen molar-refractivity contribution in [3.05, 3.63) is 46.2 Å². The zero-order valence-corrected chi connectivity index (χ0v) is 20.7. The van der Waals surface area contributed by atoms with Gasteiger partial charge in [-0.2, -0.15) is 15.6 Å². The molecule has 3 saturated heterocycles. The van der Waals surface area contributed by atoms with Crippen LogP contribution in [0.4, 0.5) is 5.69 Å². The third-order valence-corrected chi connectivity index (χ3v) is 9.91. The van der Waals surface area contributed by atoms with E-state index in [1.165, 1.54) is 12.0 Å². The third-order valence-electron chi connectivity index (χ3n) is 7.28. The molecule has 1 aromatic heterocycles. The number of benzene rings is 1. The molecule has 0 saturated carbocycles.